The van der Waals surface area contributed by atoms with E-state index in [2.05, 4.69) is 36.7 Å². The molecule has 20 heavy (non-hydrogen) atoms. The van der Waals surface area contributed by atoms with E-state index in [1.165, 1.54) is 26.3 Å². The van der Waals surface area contributed by atoms with E-state index < -0.39 is 6.03 Å². The lowest BCUT2D eigenvalue weighted by Crippen LogP contribution is -2.57. The Morgan fingerprint density at radius 1 is 1.25 bits per heavy atom. The van der Waals surface area contributed by atoms with Gasteiger partial charge in [-0.1, -0.05) is 20.8 Å². The zero-order valence-corrected chi connectivity index (χ0v) is 13.2. The second kappa shape index (κ2) is 5.02. The standard InChI is InChI=1S/C15H27N3O2/c1-9(11(19)18-13(20)16-5)17-12-14(2,3)10-6-7-15(12,4)8-10/h9-10,12,17H,6-8H2,1-5H3,(H2,16,18,19,20). The van der Waals surface area contributed by atoms with Crippen LogP contribution in [-0.4, -0.2) is 31.1 Å². The summed E-state index contributed by atoms with van der Waals surface area (Å²) in [5, 5.41) is 8.21. The highest BCUT2D eigenvalue weighted by Gasteiger charge is 2.59. The molecule has 0 heterocycles. The molecule has 2 saturated carbocycles. The van der Waals surface area contributed by atoms with Crippen molar-refractivity contribution in [2.75, 3.05) is 7.05 Å². The number of rotatable bonds is 3. The summed E-state index contributed by atoms with van der Waals surface area (Å²) >= 11 is 0. The van der Waals surface area contributed by atoms with Gasteiger partial charge in [0, 0.05) is 13.1 Å². The van der Waals surface area contributed by atoms with Gasteiger partial charge in [0.15, 0.2) is 0 Å². The largest absolute Gasteiger partial charge is 0.341 e. The van der Waals surface area contributed by atoms with E-state index in [4.69, 9.17) is 0 Å². The second-order valence-electron chi connectivity index (χ2n) is 7.30. The lowest BCUT2D eigenvalue weighted by atomic mass is 9.68. The van der Waals surface area contributed by atoms with Crippen molar-refractivity contribution in [1.82, 2.24) is 16.0 Å². The molecule has 2 fully saturated rings. The summed E-state index contributed by atoms with van der Waals surface area (Å²) in [5.74, 6) is 0.464. The number of hydrogen-bond acceptors (Lipinski definition) is 3. The molecule has 0 radical (unpaired) electrons. The molecule has 0 aromatic carbocycles. The Kier molecular flexibility index (Phi) is 3.84. The summed E-state index contributed by atoms with van der Waals surface area (Å²) in [5.41, 5.74) is 0.476. The van der Waals surface area contributed by atoms with E-state index in [9.17, 15) is 9.59 Å². The van der Waals surface area contributed by atoms with Crippen molar-refractivity contribution >= 4 is 11.9 Å². The average molecular weight is 281 g/mol. The predicted molar refractivity (Wildman–Crippen MR) is 78.2 cm³/mol. The van der Waals surface area contributed by atoms with Gasteiger partial charge < -0.3 is 10.6 Å². The number of carbonyl (C=O) groups excluding carboxylic acids is 2. The van der Waals surface area contributed by atoms with Crippen LogP contribution < -0.4 is 16.0 Å². The van der Waals surface area contributed by atoms with Crippen LogP contribution in [0.1, 0.15) is 47.0 Å². The maximum absolute atomic E-state index is 12.0. The molecule has 114 valence electrons. The molecule has 4 atom stereocenters. The van der Waals surface area contributed by atoms with Gasteiger partial charge in [-0.15, -0.1) is 0 Å². The quantitative estimate of drug-likeness (QED) is 0.736. The minimum Gasteiger partial charge on any atom is -0.341 e. The summed E-state index contributed by atoms with van der Waals surface area (Å²) < 4.78 is 0. The number of nitrogens with one attached hydrogen (secondary N) is 3. The Morgan fingerprint density at radius 3 is 2.40 bits per heavy atom. The molecule has 3 amide bonds. The van der Waals surface area contributed by atoms with Crippen molar-refractivity contribution in [2.45, 2.75) is 59.0 Å². The SMILES string of the molecule is CNC(=O)NC(=O)C(C)NC1C2(C)CCC(C2)C1(C)C. The fourth-order valence-corrected chi connectivity index (χ4v) is 4.33. The van der Waals surface area contributed by atoms with Crippen molar-refractivity contribution in [3.8, 4) is 0 Å². The maximum atomic E-state index is 12.0. The topological polar surface area (TPSA) is 70.2 Å². The van der Waals surface area contributed by atoms with E-state index >= 15 is 0 Å². The molecule has 2 aliphatic carbocycles. The Morgan fingerprint density at radius 2 is 1.90 bits per heavy atom. The number of amides is 3. The molecule has 5 heteroatoms. The highest BCUT2D eigenvalue weighted by atomic mass is 16.2. The predicted octanol–water partition coefficient (Wildman–Crippen LogP) is 1.63. The average Bonchev–Trinajstić information content (AvgIpc) is 2.85. The van der Waals surface area contributed by atoms with Gasteiger partial charge in [0.05, 0.1) is 6.04 Å². The molecule has 0 aliphatic heterocycles. The molecule has 0 saturated heterocycles. The summed E-state index contributed by atoms with van der Waals surface area (Å²) in [4.78, 5) is 23.2. The first-order chi connectivity index (χ1) is 9.20. The number of hydrogen-bond donors (Lipinski definition) is 3. The van der Waals surface area contributed by atoms with Gasteiger partial charge in [0.25, 0.3) is 0 Å². The van der Waals surface area contributed by atoms with Crippen molar-refractivity contribution in [3.05, 3.63) is 0 Å². The van der Waals surface area contributed by atoms with Crippen LogP contribution in [-0.2, 0) is 4.79 Å². The van der Waals surface area contributed by atoms with E-state index in [0.717, 1.165) is 5.92 Å². The number of urea groups is 1. The number of imide groups is 1. The third-order valence-corrected chi connectivity index (χ3v) is 5.54. The molecule has 0 aromatic rings. The Labute approximate surface area is 121 Å². The number of carbonyl (C=O) groups is 2. The van der Waals surface area contributed by atoms with Crippen LogP contribution in [0.15, 0.2) is 0 Å². The van der Waals surface area contributed by atoms with E-state index in [1.54, 1.807) is 0 Å². The van der Waals surface area contributed by atoms with Crippen LogP contribution in [0, 0.1) is 16.7 Å². The van der Waals surface area contributed by atoms with Crippen molar-refractivity contribution in [1.29, 1.82) is 0 Å². The van der Waals surface area contributed by atoms with Crippen molar-refractivity contribution < 1.29 is 9.59 Å². The van der Waals surface area contributed by atoms with Crippen LogP contribution in [0.2, 0.25) is 0 Å². The third-order valence-electron chi connectivity index (χ3n) is 5.54. The molecular weight excluding hydrogens is 254 g/mol. The molecule has 2 aliphatic rings. The summed E-state index contributed by atoms with van der Waals surface area (Å²) in [6, 6.07) is -0.506. The van der Waals surface area contributed by atoms with Crippen molar-refractivity contribution in [2.24, 2.45) is 16.7 Å². The van der Waals surface area contributed by atoms with Crippen LogP contribution in [0.25, 0.3) is 0 Å². The summed E-state index contributed by atoms with van der Waals surface area (Å²) in [7, 11) is 1.50. The zero-order valence-electron chi connectivity index (χ0n) is 13.2. The van der Waals surface area contributed by atoms with Crippen LogP contribution in [0.3, 0.4) is 0 Å². The van der Waals surface area contributed by atoms with Gasteiger partial charge in [-0.05, 0) is 42.9 Å². The summed E-state index contributed by atoms with van der Waals surface area (Å²) in [6.45, 7) is 8.73. The van der Waals surface area contributed by atoms with Crippen LogP contribution in [0.5, 0.6) is 0 Å². The highest BCUT2D eigenvalue weighted by molar-refractivity contribution is 5.96. The first-order valence-electron chi connectivity index (χ1n) is 7.49. The minimum atomic E-state index is -0.456. The molecular formula is C15H27N3O2. The molecule has 0 aromatic heterocycles. The molecule has 2 rings (SSSR count). The maximum Gasteiger partial charge on any atom is 0.321 e. The Balaban J connectivity index is 2.02. The smallest absolute Gasteiger partial charge is 0.321 e. The van der Waals surface area contributed by atoms with E-state index in [-0.39, 0.29) is 22.8 Å². The second-order valence-corrected chi connectivity index (χ2v) is 7.30. The molecule has 2 bridgehead atoms. The lowest BCUT2D eigenvalue weighted by Gasteiger charge is -2.44. The first kappa shape index (κ1) is 15.3. The molecule has 5 nitrogen and oxygen atoms in total. The van der Waals surface area contributed by atoms with Gasteiger partial charge >= 0.3 is 6.03 Å². The zero-order chi connectivity index (χ0) is 15.1. The molecule has 0 spiro atoms. The van der Waals surface area contributed by atoms with Crippen LogP contribution in [0.4, 0.5) is 4.79 Å². The molecule has 4 unspecified atom stereocenters. The highest BCUT2D eigenvalue weighted by Crippen LogP contribution is 2.62. The Hall–Kier alpha value is -1.10. The van der Waals surface area contributed by atoms with Gasteiger partial charge in [0.2, 0.25) is 5.91 Å². The normalized spacial score (nSPS) is 35.6. The molecule has 3 N–H and O–H groups in total. The fraction of sp³-hybridized carbons (Fsp3) is 0.867. The minimum absolute atomic E-state index is 0.203. The van der Waals surface area contributed by atoms with Gasteiger partial charge in [-0.2, -0.15) is 0 Å². The van der Waals surface area contributed by atoms with E-state index in [1.807, 2.05) is 6.92 Å². The van der Waals surface area contributed by atoms with E-state index in [0.29, 0.717) is 6.04 Å². The fourth-order valence-electron chi connectivity index (χ4n) is 4.33. The lowest BCUT2D eigenvalue weighted by molar-refractivity contribution is -0.122. The summed E-state index contributed by atoms with van der Waals surface area (Å²) in [6.07, 6.45) is 3.75. The van der Waals surface area contributed by atoms with Crippen LogP contribution >= 0.6 is 0 Å². The van der Waals surface area contributed by atoms with Gasteiger partial charge in [-0.3, -0.25) is 10.1 Å². The monoisotopic (exact) mass is 281 g/mol. The van der Waals surface area contributed by atoms with Gasteiger partial charge in [-0.25, -0.2) is 4.79 Å². The van der Waals surface area contributed by atoms with Crippen molar-refractivity contribution in [3.63, 3.8) is 0 Å². The number of fused-ring (bicyclic) bond motifs is 2. The van der Waals surface area contributed by atoms with Gasteiger partial charge in [0.1, 0.15) is 0 Å². The first-order valence-corrected chi connectivity index (χ1v) is 7.49. The Bertz CT molecular complexity index is 417. The third kappa shape index (κ3) is 2.43.